The lowest BCUT2D eigenvalue weighted by Gasteiger charge is -2.27. The van der Waals surface area contributed by atoms with Crippen LogP contribution in [0, 0.1) is 5.82 Å². The van der Waals surface area contributed by atoms with Crippen molar-refractivity contribution in [1.82, 2.24) is 19.7 Å². The van der Waals surface area contributed by atoms with Crippen LogP contribution in [0.2, 0.25) is 5.02 Å². The van der Waals surface area contributed by atoms with E-state index in [2.05, 4.69) is 10.4 Å². The second kappa shape index (κ2) is 7.45. The summed E-state index contributed by atoms with van der Waals surface area (Å²) in [6.07, 6.45) is 0.248. The summed E-state index contributed by atoms with van der Waals surface area (Å²) in [6, 6.07) is 3.50. The number of aromatic nitrogens is 2. The van der Waals surface area contributed by atoms with E-state index in [9.17, 15) is 18.8 Å². The summed E-state index contributed by atoms with van der Waals surface area (Å²) < 4.78 is 14.8. The van der Waals surface area contributed by atoms with Gasteiger partial charge in [0.05, 0.1) is 23.8 Å². The third kappa shape index (κ3) is 3.56. The Labute approximate surface area is 169 Å². The molecule has 0 bridgehead atoms. The lowest BCUT2D eigenvalue weighted by atomic mass is 10.1. The fourth-order valence-corrected chi connectivity index (χ4v) is 3.60. The Morgan fingerprint density at radius 2 is 2.24 bits per heavy atom. The predicted molar refractivity (Wildman–Crippen MR) is 99.8 cm³/mol. The molecule has 0 radical (unpaired) electrons. The van der Waals surface area contributed by atoms with E-state index >= 15 is 0 Å². The standard InChI is InChI=1S/C18H17ClFN5O4/c1-23-17(27)16-12-8-24(18(28)21-10-2-3-14(20)13(19)6-10)5-4-15(12)22-25(16)7-11(9-26)29-23/h2-3,6,9,11H,4-5,7-8H2,1H3,(H,21,28). The number of rotatable bonds is 2. The molecule has 1 aromatic carbocycles. The van der Waals surface area contributed by atoms with E-state index < -0.39 is 23.9 Å². The Morgan fingerprint density at radius 1 is 1.45 bits per heavy atom. The van der Waals surface area contributed by atoms with Crippen molar-refractivity contribution in [3.8, 4) is 0 Å². The topological polar surface area (TPSA) is 96.8 Å². The van der Waals surface area contributed by atoms with Gasteiger partial charge in [0.25, 0.3) is 5.91 Å². The summed E-state index contributed by atoms with van der Waals surface area (Å²) in [5.74, 6) is -1.01. The molecule has 3 amide bonds. The van der Waals surface area contributed by atoms with Gasteiger partial charge in [-0.2, -0.15) is 5.10 Å². The molecule has 11 heteroatoms. The zero-order chi connectivity index (χ0) is 20.7. The van der Waals surface area contributed by atoms with Crippen molar-refractivity contribution in [3.05, 3.63) is 46.0 Å². The van der Waals surface area contributed by atoms with E-state index in [1.165, 1.54) is 34.8 Å². The summed E-state index contributed by atoms with van der Waals surface area (Å²) in [4.78, 5) is 43.4. The van der Waals surface area contributed by atoms with Crippen LogP contribution in [-0.4, -0.2) is 57.7 Å². The Kier molecular flexibility index (Phi) is 4.97. The first kappa shape index (κ1) is 19.3. The van der Waals surface area contributed by atoms with Gasteiger partial charge in [-0.3, -0.25) is 14.3 Å². The SMILES string of the molecule is CN1OC(C=O)Cn2nc3c(c2C1=O)CN(C(=O)Nc1ccc(F)c(Cl)c1)CC3. The zero-order valence-corrected chi connectivity index (χ0v) is 16.1. The number of nitrogens with one attached hydrogen (secondary N) is 1. The maximum Gasteiger partial charge on any atom is 0.322 e. The highest BCUT2D eigenvalue weighted by atomic mass is 35.5. The van der Waals surface area contributed by atoms with Crippen LogP contribution < -0.4 is 5.32 Å². The van der Waals surface area contributed by atoms with Crippen molar-refractivity contribution in [2.45, 2.75) is 25.6 Å². The summed E-state index contributed by atoms with van der Waals surface area (Å²) in [6.45, 7) is 0.667. The lowest BCUT2D eigenvalue weighted by molar-refractivity contribution is -0.157. The molecule has 152 valence electrons. The number of anilines is 1. The van der Waals surface area contributed by atoms with Crippen molar-refractivity contribution >= 4 is 35.5 Å². The summed E-state index contributed by atoms with van der Waals surface area (Å²) in [5, 5.41) is 8.04. The van der Waals surface area contributed by atoms with Gasteiger partial charge in [-0.15, -0.1) is 0 Å². The molecule has 4 rings (SSSR count). The second-order valence-electron chi connectivity index (χ2n) is 6.77. The van der Waals surface area contributed by atoms with Crippen LogP contribution in [0.25, 0.3) is 0 Å². The summed E-state index contributed by atoms with van der Waals surface area (Å²) >= 11 is 5.75. The largest absolute Gasteiger partial charge is 0.322 e. The molecular formula is C18H17ClFN5O4. The van der Waals surface area contributed by atoms with Gasteiger partial charge in [-0.1, -0.05) is 11.6 Å². The van der Waals surface area contributed by atoms with Gasteiger partial charge in [0, 0.05) is 31.3 Å². The molecule has 2 aromatic rings. The highest BCUT2D eigenvalue weighted by molar-refractivity contribution is 6.31. The van der Waals surface area contributed by atoms with Gasteiger partial charge >= 0.3 is 6.03 Å². The highest BCUT2D eigenvalue weighted by Crippen LogP contribution is 2.27. The van der Waals surface area contributed by atoms with E-state index in [-0.39, 0.29) is 18.1 Å². The zero-order valence-electron chi connectivity index (χ0n) is 15.4. The van der Waals surface area contributed by atoms with Crippen molar-refractivity contribution in [3.63, 3.8) is 0 Å². The molecule has 1 unspecified atom stereocenters. The van der Waals surface area contributed by atoms with E-state index in [1.54, 1.807) is 0 Å². The fraction of sp³-hybridized carbons (Fsp3) is 0.333. The first-order valence-electron chi connectivity index (χ1n) is 8.87. The number of aldehydes is 1. The Morgan fingerprint density at radius 3 is 2.97 bits per heavy atom. The van der Waals surface area contributed by atoms with Gasteiger partial charge in [-0.05, 0) is 18.2 Å². The van der Waals surface area contributed by atoms with Crippen molar-refractivity contribution < 1.29 is 23.6 Å². The van der Waals surface area contributed by atoms with Gasteiger partial charge in [-0.25, -0.2) is 14.2 Å². The molecule has 3 heterocycles. The molecule has 1 N–H and O–H groups in total. The number of nitrogens with zero attached hydrogens (tertiary/aromatic N) is 4. The molecule has 0 saturated heterocycles. The van der Waals surface area contributed by atoms with Crippen LogP contribution in [0.5, 0.6) is 0 Å². The van der Waals surface area contributed by atoms with Crippen LogP contribution in [0.4, 0.5) is 14.9 Å². The fourth-order valence-electron chi connectivity index (χ4n) is 3.42. The average Bonchev–Trinajstić information content (AvgIpc) is 3.00. The van der Waals surface area contributed by atoms with Crippen molar-refractivity contribution in [2.75, 3.05) is 18.9 Å². The number of hydrogen-bond donors (Lipinski definition) is 1. The van der Waals surface area contributed by atoms with Gasteiger partial charge in [0.2, 0.25) is 0 Å². The third-order valence-electron chi connectivity index (χ3n) is 4.85. The second-order valence-corrected chi connectivity index (χ2v) is 7.18. The van der Waals surface area contributed by atoms with E-state index in [0.717, 1.165) is 5.06 Å². The van der Waals surface area contributed by atoms with Crippen LogP contribution >= 0.6 is 11.6 Å². The maximum absolute atomic E-state index is 13.3. The minimum Gasteiger partial charge on any atom is -0.320 e. The molecule has 1 aromatic heterocycles. The monoisotopic (exact) mass is 421 g/mol. The van der Waals surface area contributed by atoms with E-state index in [4.69, 9.17) is 16.4 Å². The molecule has 0 aliphatic carbocycles. The smallest absolute Gasteiger partial charge is 0.320 e. The Bertz CT molecular complexity index is 1010. The summed E-state index contributed by atoms with van der Waals surface area (Å²) in [7, 11) is 1.43. The quantitative estimate of drug-likeness (QED) is 0.746. The molecule has 2 aliphatic rings. The first-order valence-corrected chi connectivity index (χ1v) is 9.25. The van der Waals surface area contributed by atoms with Gasteiger partial charge in [0.1, 0.15) is 11.5 Å². The van der Waals surface area contributed by atoms with Crippen molar-refractivity contribution in [1.29, 1.82) is 0 Å². The lowest BCUT2D eigenvalue weighted by Crippen LogP contribution is -2.39. The number of amides is 3. The predicted octanol–water partition coefficient (Wildman–Crippen LogP) is 1.85. The number of urea groups is 1. The minimum atomic E-state index is -0.825. The highest BCUT2D eigenvalue weighted by Gasteiger charge is 2.35. The van der Waals surface area contributed by atoms with Gasteiger partial charge < -0.3 is 15.0 Å². The number of hydroxylamine groups is 2. The number of carbonyl (C=O) groups excluding carboxylic acids is 3. The van der Waals surface area contributed by atoms with E-state index in [1.807, 2.05) is 0 Å². The Balaban J connectivity index is 1.57. The van der Waals surface area contributed by atoms with Crippen LogP contribution in [0.3, 0.4) is 0 Å². The first-order chi connectivity index (χ1) is 13.9. The molecule has 0 saturated carbocycles. The maximum atomic E-state index is 13.3. The van der Waals surface area contributed by atoms with Crippen LogP contribution in [0.1, 0.15) is 21.7 Å². The molecule has 2 aliphatic heterocycles. The number of halogens is 2. The Hall–Kier alpha value is -2.98. The number of fused-ring (bicyclic) bond motifs is 3. The number of hydrogen-bond acceptors (Lipinski definition) is 5. The van der Waals surface area contributed by atoms with Crippen molar-refractivity contribution in [2.24, 2.45) is 0 Å². The summed E-state index contributed by atoms with van der Waals surface area (Å²) in [5.41, 5.74) is 1.99. The number of carbonyl (C=O) groups is 3. The molecule has 0 fully saturated rings. The minimum absolute atomic E-state index is 0.0935. The molecular weight excluding hydrogens is 405 g/mol. The van der Waals surface area contributed by atoms with Crippen LogP contribution in [-0.2, 0) is 29.1 Å². The molecule has 9 nitrogen and oxygen atoms in total. The molecule has 1 atom stereocenters. The molecule has 0 spiro atoms. The van der Waals surface area contributed by atoms with Crippen LogP contribution in [0.15, 0.2) is 18.2 Å². The average molecular weight is 422 g/mol. The third-order valence-corrected chi connectivity index (χ3v) is 5.14. The normalized spacial score (nSPS) is 18.7. The number of benzene rings is 1. The molecule has 29 heavy (non-hydrogen) atoms. The van der Waals surface area contributed by atoms with Gasteiger partial charge in [0.15, 0.2) is 12.4 Å². The van der Waals surface area contributed by atoms with E-state index in [0.29, 0.717) is 41.9 Å².